The van der Waals surface area contributed by atoms with Gasteiger partial charge in [0.1, 0.15) is 11.0 Å². The summed E-state index contributed by atoms with van der Waals surface area (Å²) >= 11 is 5.77. The van der Waals surface area contributed by atoms with Crippen molar-refractivity contribution in [2.75, 3.05) is 0 Å². The minimum Gasteiger partial charge on any atom is -0.344 e. The summed E-state index contributed by atoms with van der Waals surface area (Å²) in [6.45, 7) is 0. The second-order valence-electron chi connectivity index (χ2n) is 2.52. The number of aryl methyl sites for hydroxylation is 1. The molecule has 0 aliphatic rings. The zero-order valence-electron chi connectivity index (χ0n) is 6.34. The van der Waals surface area contributed by atoms with Crippen LogP contribution in [-0.2, 0) is 7.05 Å². The van der Waals surface area contributed by atoms with Crippen molar-refractivity contribution >= 4 is 22.6 Å². The van der Waals surface area contributed by atoms with E-state index in [-0.39, 0.29) is 5.56 Å². The first-order valence-electron chi connectivity index (χ1n) is 3.38. The van der Waals surface area contributed by atoms with Crippen molar-refractivity contribution in [2.45, 2.75) is 0 Å². The van der Waals surface area contributed by atoms with E-state index in [1.54, 1.807) is 13.2 Å². The van der Waals surface area contributed by atoms with Gasteiger partial charge in [0, 0.05) is 13.2 Å². The van der Waals surface area contributed by atoms with Gasteiger partial charge in [0.05, 0.1) is 11.3 Å². The smallest absolute Gasteiger partial charge is 0.264 e. The molecule has 0 aliphatic carbocycles. The van der Waals surface area contributed by atoms with Crippen LogP contribution >= 0.6 is 11.6 Å². The van der Waals surface area contributed by atoms with Gasteiger partial charge in [0.25, 0.3) is 5.56 Å². The van der Waals surface area contributed by atoms with E-state index in [0.717, 1.165) is 0 Å². The maximum absolute atomic E-state index is 11.4. The SMILES string of the molecule is Cn1cnc2[nH]cc(Cl)c2c1=O. The van der Waals surface area contributed by atoms with Gasteiger partial charge in [0.15, 0.2) is 0 Å². The molecular formula is C7H6ClN3O. The summed E-state index contributed by atoms with van der Waals surface area (Å²) in [6.07, 6.45) is 3.01. The Morgan fingerprint density at radius 2 is 2.42 bits per heavy atom. The molecule has 2 heterocycles. The highest BCUT2D eigenvalue weighted by Gasteiger charge is 2.06. The van der Waals surface area contributed by atoms with Gasteiger partial charge < -0.3 is 9.55 Å². The molecule has 0 atom stereocenters. The highest BCUT2D eigenvalue weighted by molar-refractivity contribution is 6.35. The van der Waals surface area contributed by atoms with Crippen molar-refractivity contribution in [3.63, 3.8) is 0 Å². The third-order valence-electron chi connectivity index (χ3n) is 1.71. The van der Waals surface area contributed by atoms with Gasteiger partial charge in [-0.15, -0.1) is 0 Å². The normalized spacial score (nSPS) is 10.8. The Labute approximate surface area is 72.8 Å². The van der Waals surface area contributed by atoms with Crippen molar-refractivity contribution in [3.8, 4) is 0 Å². The molecule has 0 amide bonds. The lowest BCUT2D eigenvalue weighted by atomic mass is 10.4. The molecule has 62 valence electrons. The highest BCUT2D eigenvalue weighted by Crippen LogP contribution is 2.16. The van der Waals surface area contributed by atoms with Crippen molar-refractivity contribution in [2.24, 2.45) is 7.05 Å². The Morgan fingerprint density at radius 1 is 1.67 bits per heavy atom. The van der Waals surface area contributed by atoms with Crippen LogP contribution in [0.1, 0.15) is 0 Å². The van der Waals surface area contributed by atoms with E-state index < -0.39 is 0 Å². The number of H-pyrrole nitrogens is 1. The Morgan fingerprint density at radius 3 is 3.17 bits per heavy atom. The minimum absolute atomic E-state index is 0.133. The first kappa shape index (κ1) is 7.36. The zero-order valence-corrected chi connectivity index (χ0v) is 7.09. The Bertz CT molecular complexity index is 485. The lowest BCUT2D eigenvalue weighted by molar-refractivity contribution is 0.842. The first-order chi connectivity index (χ1) is 5.70. The van der Waals surface area contributed by atoms with Crippen LogP contribution in [0.2, 0.25) is 5.02 Å². The van der Waals surface area contributed by atoms with E-state index in [2.05, 4.69) is 9.97 Å². The molecule has 0 fully saturated rings. The third-order valence-corrected chi connectivity index (χ3v) is 2.00. The average molecular weight is 184 g/mol. The van der Waals surface area contributed by atoms with Gasteiger partial charge in [-0.2, -0.15) is 0 Å². The molecule has 12 heavy (non-hydrogen) atoms. The number of nitrogens with zero attached hydrogens (tertiary/aromatic N) is 2. The molecule has 0 saturated heterocycles. The van der Waals surface area contributed by atoms with Crippen LogP contribution < -0.4 is 5.56 Å². The largest absolute Gasteiger partial charge is 0.344 e. The van der Waals surface area contributed by atoms with Crippen molar-refractivity contribution in [1.82, 2.24) is 14.5 Å². The molecule has 2 rings (SSSR count). The lowest BCUT2D eigenvalue weighted by Gasteiger charge is -1.94. The van der Waals surface area contributed by atoms with Gasteiger partial charge >= 0.3 is 0 Å². The number of halogens is 1. The predicted octanol–water partition coefficient (Wildman–Crippen LogP) is 0.915. The Kier molecular flexibility index (Phi) is 1.44. The molecule has 0 aromatic carbocycles. The van der Waals surface area contributed by atoms with Crippen LogP contribution in [-0.4, -0.2) is 14.5 Å². The number of hydrogen-bond donors (Lipinski definition) is 1. The van der Waals surface area contributed by atoms with Crippen LogP contribution in [0.4, 0.5) is 0 Å². The molecule has 4 nitrogen and oxygen atoms in total. The van der Waals surface area contributed by atoms with Gasteiger partial charge in [-0.05, 0) is 0 Å². The number of fused-ring (bicyclic) bond motifs is 1. The molecule has 1 N–H and O–H groups in total. The molecule has 0 aliphatic heterocycles. The number of nitrogens with one attached hydrogen (secondary N) is 1. The predicted molar refractivity (Wildman–Crippen MR) is 46.3 cm³/mol. The maximum atomic E-state index is 11.4. The molecule has 5 heteroatoms. The monoisotopic (exact) mass is 183 g/mol. The molecule has 0 unspecified atom stereocenters. The second-order valence-corrected chi connectivity index (χ2v) is 2.93. The van der Waals surface area contributed by atoms with Gasteiger partial charge in [-0.25, -0.2) is 4.98 Å². The summed E-state index contributed by atoms with van der Waals surface area (Å²) in [5.41, 5.74) is 0.398. The van der Waals surface area contributed by atoms with Crippen LogP contribution in [0, 0.1) is 0 Å². The van der Waals surface area contributed by atoms with Crippen LogP contribution in [0.5, 0.6) is 0 Å². The highest BCUT2D eigenvalue weighted by atomic mass is 35.5. The minimum atomic E-state index is -0.133. The molecule has 2 aromatic heterocycles. The van der Waals surface area contributed by atoms with E-state index >= 15 is 0 Å². The molecule has 0 saturated carbocycles. The molecular weight excluding hydrogens is 178 g/mol. The summed E-state index contributed by atoms with van der Waals surface area (Å²) in [7, 11) is 1.64. The Hall–Kier alpha value is -1.29. The fourth-order valence-electron chi connectivity index (χ4n) is 1.07. The molecule has 0 radical (unpaired) electrons. The van der Waals surface area contributed by atoms with Crippen LogP contribution in [0.25, 0.3) is 11.0 Å². The Balaban J connectivity index is 3.06. The topological polar surface area (TPSA) is 50.7 Å². The standard InChI is InChI=1S/C7H6ClN3O/c1-11-3-10-6-5(7(11)12)4(8)2-9-6/h2-3,9H,1H3. The van der Waals surface area contributed by atoms with E-state index in [1.165, 1.54) is 10.9 Å². The van der Waals surface area contributed by atoms with Gasteiger partial charge in [-0.3, -0.25) is 4.79 Å². The summed E-state index contributed by atoms with van der Waals surface area (Å²) in [5, 5.41) is 0.861. The van der Waals surface area contributed by atoms with Crippen LogP contribution in [0.15, 0.2) is 17.3 Å². The van der Waals surface area contributed by atoms with E-state index in [9.17, 15) is 4.79 Å². The first-order valence-corrected chi connectivity index (χ1v) is 3.76. The quantitative estimate of drug-likeness (QED) is 0.660. The third kappa shape index (κ3) is 0.848. The number of hydrogen-bond acceptors (Lipinski definition) is 2. The summed E-state index contributed by atoms with van der Waals surface area (Å²) in [5.74, 6) is 0. The summed E-state index contributed by atoms with van der Waals surface area (Å²) in [4.78, 5) is 18.2. The van der Waals surface area contributed by atoms with E-state index in [0.29, 0.717) is 16.1 Å². The van der Waals surface area contributed by atoms with Crippen molar-refractivity contribution in [3.05, 3.63) is 27.9 Å². The van der Waals surface area contributed by atoms with E-state index in [4.69, 9.17) is 11.6 Å². The van der Waals surface area contributed by atoms with E-state index in [1.807, 2.05) is 0 Å². The van der Waals surface area contributed by atoms with Gasteiger partial charge in [0.2, 0.25) is 0 Å². The molecule has 0 spiro atoms. The second kappa shape index (κ2) is 2.35. The van der Waals surface area contributed by atoms with Crippen LogP contribution in [0.3, 0.4) is 0 Å². The van der Waals surface area contributed by atoms with Crippen molar-refractivity contribution < 1.29 is 0 Å². The lowest BCUT2D eigenvalue weighted by Crippen LogP contribution is -2.16. The van der Waals surface area contributed by atoms with Gasteiger partial charge in [-0.1, -0.05) is 11.6 Å². The number of aromatic amines is 1. The molecule has 2 aromatic rings. The van der Waals surface area contributed by atoms with Crippen molar-refractivity contribution in [1.29, 1.82) is 0 Å². The maximum Gasteiger partial charge on any atom is 0.264 e. The number of rotatable bonds is 0. The summed E-state index contributed by atoms with van der Waals surface area (Å²) in [6, 6.07) is 0. The molecule has 0 bridgehead atoms. The summed E-state index contributed by atoms with van der Waals surface area (Å²) < 4.78 is 1.39. The fourth-order valence-corrected chi connectivity index (χ4v) is 1.29. The zero-order chi connectivity index (χ0) is 8.72. The average Bonchev–Trinajstić information content (AvgIpc) is 2.41. The fraction of sp³-hybridized carbons (Fsp3) is 0.143. The number of aromatic nitrogens is 3.